The Kier molecular flexibility index (Phi) is 2.84. The molecule has 0 amide bonds. The minimum absolute atomic E-state index is 0.205. The number of nitrogens with zero attached hydrogens (tertiary/aromatic N) is 1. The molecule has 0 bridgehead atoms. The fourth-order valence-corrected chi connectivity index (χ4v) is 4.02. The predicted molar refractivity (Wildman–Crippen MR) is 77.7 cm³/mol. The first kappa shape index (κ1) is 11.1. The smallest absolute Gasteiger partial charge is 0.123 e. The molecule has 0 radical (unpaired) electrons. The summed E-state index contributed by atoms with van der Waals surface area (Å²) in [6.45, 7) is 0. The van der Waals surface area contributed by atoms with E-state index in [1.54, 1.807) is 29.7 Å². The van der Waals surface area contributed by atoms with Crippen molar-refractivity contribution in [2.24, 2.45) is 0 Å². The molecule has 2 aromatic heterocycles. The van der Waals surface area contributed by atoms with E-state index in [-0.39, 0.29) is 5.82 Å². The molecule has 0 aliphatic heterocycles. The Labute approximate surface area is 115 Å². The molecule has 84 valence electrons. The zero-order valence-corrected chi connectivity index (χ0v) is 11.6. The molecule has 0 unspecified atom stereocenters. The Balaban J connectivity index is 2.27. The summed E-state index contributed by atoms with van der Waals surface area (Å²) in [7, 11) is 0. The summed E-state index contributed by atoms with van der Waals surface area (Å²) in [6.07, 6.45) is 1.78. The van der Waals surface area contributed by atoms with Gasteiger partial charge in [0, 0.05) is 6.20 Å². The van der Waals surface area contributed by atoms with E-state index in [9.17, 15) is 4.39 Å². The maximum atomic E-state index is 13.2. The van der Waals surface area contributed by atoms with Gasteiger partial charge in [-0.2, -0.15) is 0 Å². The summed E-state index contributed by atoms with van der Waals surface area (Å²) in [5, 5.41) is 0. The number of hydrogen-bond donors (Lipinski definition) is 0. The van der Waals surface area contributed by atoms with Gasteiger partial charge in [0.2, 0.25) is 0 Å². The largest absolute Gasteiger partial charge is 0.254 e. The number of fused-ring (bicyclic) bond motifs is 1. The zero-order chi connectivity index (χ0) is 11.8. The van der Waals surface area contributed by atoms with E-state index < -0.39 is 0 Å². The number of hydrogen-bond acceptors (Lipinski definition) is 2. The van der Waals surface area contributed by atoms with Crippen LogP contribution >= 0.6 is 33.9 Å². The van der Waals surface area contributed by atoms with E-state index in [1.807, 2.05) is 18.2 Å². The van der Waals surface area contributed by atoms with Crippen molar-refractivity contribution in [2.45, 2.75) is 0 Å². The summed E-state index contributed by atoms with van der Waals surface area (Å²) in [6, 6.07) is 10.6. The molecule has 0 spiro atoms. The lowest BCUT2D eigenvalue weighted by molar-refractivity contribution is 0.628. The number of thiophene rings is 1. The Bertz CT molecular complexity index is 693. The summed E-state index contributed by atoms with van der Waals surface area (Å²) < 4.78 is 15.5. The van der Waals surface area contributed by atoms with Crippen LogP contribution in [0.2, 0.25) is 0 Å². The average Bonchev–Trinajstić information content (AvgIpc) is 2.68. The third kappa shape index (κ3) is 1.95. The molecule has 0 aliphatic rings. The summed E-state index contributed by atoms with van der Waals surface area (Å²) in [5.74, 6) is -0.205. The molecule has 2 heterocycles. The predicted octanol–water partition coefficient (Wildman–Crippen LogP) is 4.71. The van der Waals surface area contributed by atoms with Crippen LogP contribution in [0.1, 0.15) is 0 Å². The van der Waals surface area contributed by atoms with Gasteiger partial charge in [-0.25, -0.2) is 4.39 Å². The van der Waals surface area contributed by atoms with Crippen molar-refractivity contribution < 1.29 is 4.39 Å². The van der Waals surface area contributed by atoms with Gasteiger partial charge >= 0.3 is 0 Å². The van der Waals surface area contributed by atoms with Crippen molar-refractivity contribution in [1.29, 1.82) is 0 Å². The SMILES string of the molecule is Fc1cccc(-c2sc3cccnc3c2I)c1. The Morgan fingerprint density at radius 1 is 1.18 bits per heavy atom. The highest BCUT2D eigenvalue weighted by atomic mass is 127. The molecular weight excluding hydrogens is 348 g/mol. The monoisotopic (exact) mass is 355 g/mol. The lowest BCUT2D eigenvalue weighted by atomic mass is 10.2. The molecule has 4 heteroatoms. The van der Waals surface area contributed by atoms with Gasteiger partial charge in [0.25, 0.3) is 0 Å². The van der Waals surface area contributed by atoms with E-state index in [2.05, 4.69) is 27.6 Å². The van der Waals surface area contributed by atoms with E-state index in [0.717, 1.165) is 24.2 Å². The quantitative estimate of drug-likeness (QED) is 0.577. The van der Waals surface area contributed by atoms with Crippen LogP contribution in [0.3, 0.4) is 0 Å². The lowest BCUT2D eigenvalue weighted by Crippen LogP contribution is -1.79. The van der Waals surface area contributed by atoms with Crippen molar-refractivity contribution in [2.75, 3.05) is 0 Å². The van der Waals surface area contributed by atoms with E-state index in [1.165, 1.54) is 6.07 Å². The second-order valence-electron chi connectivity index (χ2n) is 3.61. The zero-order valence-electron chi connectivity index (χ0n) is 8.65. The van der Waals surface area contributed by atoms with Crippen LogP contribution in [0.4, 0.5) is 4.39 Å². The van der Waals surface area contributed by atoms with Gasteiger partial charge in [-0.05, 0) is 52.4 Å². The molecule has 0 N–H and O–H groups in total. The average molecular weight is 355 g/mol. The molecule has 0 atom stereocenters. The number of benzene rings is 1. The molecule has 0 aliphatic carbocycles. The number of halogens is 2. The highest BCUT2D eigenvalue weighted by Crippen LogP contribution is 2.38. The van der Waals surface area contributed by atoms with Crippen LogP contribution in [0, 0.1) is 9.39 Å². The Hall–Kier alpha value is -1.01. The highest BCUT2D eigenvalue weighted by Gasteiger charge is 2.12. The second-order valence-corrected chi connectivity index (χ2v) is 5.74. The minimum atomic E-state index is -0.205. The molecule has 17 heavy (non-hydrogen) atoms. The standard InChI is InChI=1S/C13H7FINS/c14-9-4-1-3-8(7-9)13-11(15)12-10(17-13)5-2-6-16-12/h1-7H. The van der Waals surface area contributed by atoms with Gasteiger partial charge in [0.15, 0.2) is 0 Å². The molecule has 3 rings (SSSR count). The van der Waals surface area contributed by atoms with Crippen molar-refractivity contribution in [3.05, 3.63) is 52.0 Å². The van der Waals surface area contributed by atoms with Gasteiger partial charge in [0.05, 0.1) is 18.7 Å². The minimum Gasteiger partial charge on any atom is -0.254 e. The molecule has 1 nitrogen and oxygen atoms in total. The van der Waals surface area contributed by atoms with Crippen molar-refractivity contribution in [3.8, 4) is 10.4 Å². The lowest BCUT2D eigenvalue weighted by Gasteiger charge is -1.98. The molecular formula is C13H7FINS. The topological polar surface area (TPSA) is 12.9 Å². The van der Waals surface area contributed by atoms with Gasteiger partial charge in [-0.1, -0.05) is 12.1 Å². The summed E-state index contributed by atoms with van der Waals surface area (Å²) in [4.78, 5) is 5.44. The molecule has 0 saturated carbocycles. The fraction of sp³-hybridized carbons (Fsp3) is 0. The van der Waals surface area contributed by atoms with Crippen molar-refractivity contribution in [3.63, 3.8) is 0 Å². The molecule has 0 saturated heterocycles. The van der Waals surface area contributed by atoms with Gasteiger partial charge in [-0.15, -0.1) is 11.3 Å². The van der Waals surface area contributed by atoms with Crippen LogP contribution in [-0.4, -0.2) is 4.98 Å². The number of pyridine rings is 1. The highest BCUT2D eigenvalue weighted by molar-refractivity contribution is 14.1. The summed E-state index contributed by atoms with van der Waals surface area (Å²) >= 11 is 3.92. The Morgan fingerprint density at radius 3 is 2.82 bits per heavy atom. The summed E-state index contributed by atoms with van der Waals surface area (Å²) in [5.41, 5.74) is 1.91. The van der Waals surface area contributed by atoms with E-state index in [4.69, 9.17) is 0 Å². The van der Waals surface area contributed by atoms with Crippen LogP contribution in [0.5, 0.6) is 0 Å². The Morgan fingerprint density at radius 2 is 2.06 bits per heavy atom. The third-order valence-electron chi connectivity index (χ3n) is 2.48. The molecule has 1 aromatic carbocycles. The first-order valence-electron chi connectivity index (χ1n) is 5.04. The van der Waals surface area contributed by atoms with Gasteiger partial charge < -0.3 is 0 Å². The first-order chi connectivity index (χ1) is 8.25. The van der Waals surface area contributed by atoms with Crippen LogP contribution in [0.25, 0.3) is 20.7 Å². The van der Waals surface area contributed by atoms with E-state index in [0.29, 0.717) is 0 Å². The van der Waals surface area contributed by atoms with Gasteiger partial charge in [-0.3, -0.25) is 4.98 Å². The number of aromatic nitrogens is 1. The maximum absolute atomic E-state index is 13.2. The molecule has 0 fully saturated rings. The fourth-order valence-electron chi connectivity index (χ4n) is 1.72. The first-order valence-corrected chi connectivity index (χ1v) is 6.94. The van der Waals surface area contributed by atoms with E-state index >= 15 is 0 Å². The van der Waals surface area contributed by atoms with Crippen molar-refractivity contribution >= 4 is 44.1 Å². The molecule has 3 aromatic rings. The van der Waals surface area contributed by atoms with Gasteiger partial charge in [0.1, 0.15) is 5.82 Å². The number of rotatable bonds is 1. The maximum Gasteiger partial charge on any atom is 0.123 e. The third-order valence-corrected chi connectivity index (χ3v) is 5.09. The van der Waals surface area contributed by atoms with Crippen LogP contribution in [-0.2, 0) is 0 Å². The van der Waals surface area contributed by atoms with Crippen LogP contribution in [0.15, 0.2) is 42.6 Å². The van der Waals surface area contributed by atoms with Crippen molar-refractivity contribution in [1.82, 2.24) is 4.98 Å². The normalized spacial score (nSPS) is 10.9. The second kappa shape index (κ2) is 4.34. The van der Waals surface area contributed by atoms with Crippen LogP contribution < -0.4 is 0 Å².